The van der Waals surface area contributed by atoms with E-state index in [4.69, 9.17) is 4.42 Å². The lowest BCUT2D eigenvalue weighted by molar-refractivity contribution is -0.352. The van der Waals surface area contributed by atoms with Crippen LogP contribution in [0.4, 0.5) is 13.2 Å². The van der Waals surface area contributed by atoms with Gasteiger partial charge in [-0.15, -0.1) is 23.4 Å². The molecule has 4 aliphatic rings. The molecule has 0 aromatic carbocycles. The maximum absolute atomic E-state index is 12.6. The molecule has 2 bridgehead atoms. The first-order valence-corrected chi connectivity index (χ1v) is 10.1. The maximum atomic E-state index is 12.6. The summed E-state index contributed by atoms with van der Waals surface area (Å²) in [6, 6.07) is 5.53. The summed E-state index contributed by atoms with van der Waals surface area (Å²) in [5.74, 6) is 0.453. The van der Waals surface area contributed by atoms with Crippen LogP contribution in [-0.4, -0.2) is 43.5 Å². The van der Waals surface area contributed by atoms with Crippen LogP contribution in [0.3, 0.4) is 0 Å². The first kappa shape index (κ1) is 18.8. The molecule has 0 spiro atoms. The highest BCUT2D eigenvalue weighted by atomic mass is 19.4. The molecule has 31 heavy (non-hydrogen) atoms. The lowest BCUT2D eigenvalue weighted by atomic mass is 9.39. The van der Waals surface area contributed by atoms with Crippen molar-refractivity contribution in [3.05, 3.63) is 48.2 Å². The van der Waals surface area contributed by atoms with Crippen LogP contribution in [0.15, 0.2) is 35.1 Å². The molecule has 3 aromatic rings. The van der Waals surface area contributed by atoms with Crippen molar-refractivity contribution >= 4 is 11.4 Å². The Kier molecular flexibility index (Phi) is 3.67. The Morgan fingerprint density at radius 3 is 2.77 bits per heavy atom. The molecule has 7 rings (SSSR count). The summed E-state index contributed by atoms with van der Waals surface area (Å²) in [6.45, 7) is 0. The van der Waals surface area contributed by atoms with E-state index in [2.05, 4.69) is 25.2 Å². The smallest absolute Gasteiger partial charge is 0.424 e. The summed E-state index contributed by atoms with van der Waals surface area (Å²) in [7, 11) is 0. The zero-order chi connectivity index (χ0) is 21.4. The van der Waals surface area contributed by atoms with Gasteiger partial charge in [-0.2, -0.15) is 0 Å². The molecular weight excluding hydrogens is 415 g/mol. The van der Waals surface area contributed by atoms with E-state index in [9.17, 15) is 18.0 Å². The van der Waals surface area contributed by atoms with E-state index in [1.54, 1.807) is 12.4 Å². The highest BCUT2D eigenvalue weighted by molar-refractivity contribution is 5.94. The third-order valence-electron chi connectivity index (χ3n) is 6.70. The van der Waals surface area contributed by atoms with Crippen molar-refractivity contribution in [3.8, 4) is 0 Å². The van der Waals surface area contributed by atoms with Gasteiger partial charge in [0.25, 0.3) is 5.91 Å². The van der Waals surface area contributed by atoms with Gasteiger partial charge in [0, 0.05) is 23.2 Å². The number of hydrogen-bond donors (Lipinski definition) is 1. The Hall–Kier alpha value is -2.95. The summed E-state index contributed by atoms with van der Waals surface area (Å²) in [6.07, 6.45) is 0.526. The molecule has 1 amide bonds. The van der Waals surface area contributed by atoms with Gasteiger partial charge in [0.15, 0.2) is 0 Å². The first-order chi connectivity index (χ1) is 14.7. The summed E-state index contributed by atoms with van der Waals surface area (Å²) in [4.78, 5) is 16.8. The van der Waals surface area contributed by atoms with Gasteiger partial charge < -0.3 is 14.1 Å². The fourth-order valence-corrected chi connectivity index (χ4v) is 5.18. The summed E-state index contributed by atoms with van der Waals surface area (Å²) >= 11 is 0. The number of nitrogens with zero attached hydrogens (tertiary/aromatic N) is 4. The van der Waals surface area contributed by atoms with Gasteiger partial charge in [0.05, 0.1) is 17.8 Å². The van der Waals surface area contributed by atoms with E-state index < -0.39 is 12.5 Å². The second-order valence-corrected chi connectivity index (χ2v) is 8.96. The third kappa shape index (κ3) is 3.01. The molecule has 4 aliphatic carbocycles. The standard InChI is InChI=1S/C20H18F3N5O3/c21-20(22,23)31-13-4-11(5-13)16-26-27-17(30-16)18-7-19(8-18,9-18)25-15(29)14-6-12-2-1-3-28(12)10-24-14/h1-3,6,10-11,13H,4-5,7-9H2,(H,25,29). The minimum absolute atomic E-state index is 0.204. The lowest BCUT2D eigenvalue weighted by Crippen LogP contribution is -2.76. The van der Waals surface area contributed by atoms with Crippen molar-refractivity contribution in [2.75, 3.05) is 0 Å². The fourth-order valence-electron chi connectivity index (χ4n) is 5.18. The minimum Gasteiger partial charge on any atom is -0.424 e. The maximum Gasteiger partial charge on any atom is 0.522 e. The molecular formula is C20H18F3N5O3. The number of rotatable bonds is 5. The van der Waals surface area contributed by atoms with Crippen molar-refractivity contribution in [1.82, 2.24) is 24.9 Å². The number of halogens is 3. The van der Waals surface area contributed by atoms with Crippen LogP contribution in [0.2, 0.25) is 0 Å². The zero-order valence-electron chi connectivity index (χ0n) is 16.2. The number of amides is 1. The van der Waals surface area contributed by atoms with Crippen LogP contribution in [0.1, 0.15) is 60.3 Å². The quantitative estimate of drug-likeness (QED) is 0.665. The van der Waals surface area contributed by atoms with E-state index >= 15 is 0 Å². The number of nitrogens with one attached hydrogen (secondary N) is 1. The molecule has 1 N–H and O–H groups in total. The Labute approximate surface area is 173 Å². The Morgan fingerprint density at radius 1 is 1.26 bits per heavy atom. The van der Waals surface area contributed by atoms with Crippen molar-refractivity contribution in [2.24, 2.45) is 0 Å². The van der Waals surface area contributed by atoms with Crippen LogP contribution in [0.25, 0.3) is 5.52 Å². The highest BCUT2D eigenvalue weighted by Gasteiger charge is 2.72. The zero-order valence-corrected chi connectivity index (χ0v) is 16.2. The Morgan fingerprint density at radius 2 is 2.03 bits per heavy atom. The van der Waals surface area contributed by atoms with E-state index in [1.165, 1.54) is 0 Å². The minimum atomic E-state index is -4.62. The van der Waals surface area contributed by atoms with Gasteiger partial charge in [-0.05, 0) is 50.3 Å². The van der Waals surface area contributed by atoms with E-state index in [0.29, 0.717) is 36.7 Å². The van der Waals surface area contributed by atoms with Crippen LogP contribution in [0, 0.1) is 0 Å². The number of aromatic nitrogens is 4. The molecule has 0 unspecified atom stereocenters. The molecule has 0 saturated heterocycles. The van der Waals surface area contributed by atoms with Crippen molar-refractivity contribution < 1.29 is 27.1 Å². The van der Waals surface area contributed by atoms with Gasteiger partial charge >= 0.3 is 6.36 Å². The van der Waals surface area contributed by atoms with Crippen LogP contribution in [0.5, 0.6) is 0 Å². The van der Waals surface area contributed by atoms with Gasteiger partial charge in [-0.25, -0.2) is 4.98 Å². The van der Waals surface area contributed by atoms with Crippen molar-refractivity contribution in [2.45, 2.75) is 61.4 Å². The third-order valence-corrected chi connectivity index (χ3v) is 6.70. The van der Waals surface area contributed by atoms with Crippen LogP contribution >= 0.6 is 0 Å². The van der Waals surface area contributed by atoms with Gasteiger partial charge in [-0.1, -0.05) is 0 Å². The topological polar surface area (TPSA) is 94.5 Å². The lowest BCUT2D eigenvalue weighted by Gasteiger charge is -2.68. The number of carbonyl (C=O) groups is 1. The molecule has 11 heteroatoms. The van der Waals surface area contributed by atoms with E-state index in [0.717, 1.165) is 5.52 Å². The number of ether oxygens (including phenoxy) is 1. The van der Waals surface area contributed by atoms with Gasteiger partial charge in [-0.3, -0.25) is 9.53 Å². The molecule has 0 radical (unpaired) electrons. The molecule has 0 aliphatic heterocycles. The Balaban J connectivity index is 1.06. The molecule has 4 fully saturated rings. The van der Waals surface area contributed by atoms with Crippen LogP contribution < -0.4 is 5.32 Å². The summed E-state index contributed by atoms with van der Waals surface area (Å²) < 4.78 is 48.4. The second kappa shape index (κ2) is 6.06. The normalized spacial score (nSPS) is 31.6. The fraction of sp³-hybridized carbons (Fsp3) is 0.500. The number of carbonyl (C=O) groups excluding carboxylic acids is 1. The van der Waals surface area contributed by atoms with Gasteiger partial charge in [0.1, 0.15) is 5.69 Å². The average Bonchev–Trinajstić information content (AvgIpc) is 3.27. The molecule has 162 valence electrons. The number of alkyl halides is 3. The molecule has 3 heterocycles. The summed E-state index contributed by atoms with van der Waals surface area (Å²) in [5.41, 5.74) is 0.726. The predicted molar refractivity (Wildman–Crippen MR) is 98.1 cm³/mol. The molecule has 8 nitrogen and oxygen atoms in total. The predicted octanol–water partition coefficient (Wildman–Crippen LogP) is 3.10. The first-order valence-electron chi connectivity index (χ1n) is 10.1. The van der Waals surface area contributed by atoms with Crippen molar-refractivity contribution in [1.29, 1.82) is 0 Å². The number of hydrogen-bond acceptors (Lipinski definition) is 6. The largest absolute Gasteiger partial charge is 0.522 e. The van der Waals surface area contributed by atoms with Crippen molar-refractivity contribution in [3.63, 3.8) is 0 Å². The van der Waals surface area contributed by atoms with E-state index in [1.807, 2.05) is 22.7 Å². The SMILES string of the molecule is O=C(NC12CC(c3nnc(C4CC(OC(F)(F)F)C4)o3)(C1)C2)c1cc2cccn2cn1. The number of fused-ring (bicyclic) bond motifs is 1. The summed E-state index contributed by atoms with van der Waals surface area (Å²) in [5, 5.41) is 11.3. The average molecular weight is 433 g/mol. The van der Waals surface area contributed by atoms with Crippen LogP contribution in [-0.2, 0) is 10.2 Å². The molecule has 3 aromatic heterocycles. The van der Waals surface area contributed by atoms with E-state index in [-0.39, 0.29) is 35.6 Å². The highest BCUT2D eigenvalue weighted by Crippen LogP contribution is 2.67. The monoisotopic (exact) mass is 433 g/mol. The molecule has 0 atom stereocenters. The molecule has 4 saturated carbocycles. The van der Waals surface area contributed by atoms with Gasteiger partial charge in [0.2, 0.25) is 11.8 Å². The Bertz CT molecular complexity index is 1160. The second-order valence-electron chi connectivity index (χ2n) is 8.96.